The van der Waals surface area contributed by atoms with Crippen LogP contribution in [0.1, 0.15) is 37.9 Å². The van der Waals surface area contributed by atoms with Crippen molar-refractivity contribution in [2.45, 2.75) is 32.3 Å². The van der Waals surface area contributed by atoms with Gasteiger partial charge < -0.3 is 9.84 Å². The molecular weight excluding hydrogens is 226 g/mol. The average molecular weight is 249 g/mol. The maximum Gasteiger partial charge on any atom is 0.119 e. The van der Waals surface area contributed by atoms with Crippen molar-refractivity contribution in [3.05, 3.63) is 29.8 Å². The molecule has 3 heteroatoms. The second kappa shape index (κ2) is 6.76. The number of likely N-dealkylation sites (tertiary alicyclic amines) is 1. The first kappa shape index (κ1) is 13.4. The summed E-state index contributed by atoms with van der Waals surface area (Å²) in [5, 5.41) is 9.69. The Kier molecular flexibility index (Phi) is 5.02. The van der Waals surface area contributed by atoms with E-state index in [4.69, 9.17) is 4.74 Å². The molecule has 0 aromatic heterocycles. The summed E-state index contributed by atoms with van der Waals surface area (Å²) in [5.41, 5.74) is 0.962. The molecule has 1 aromatic carbocycles. The molecule has 0 spiro atoms. The van der Waals surface area contributed by atoms with Gasteiger partial charge in [-0.3, -0.25) is 4.90 Å². The van der Waals surface area contributed by atoms with Crippen molar-refractivity contribution < 1.29 is 9.84 Å². The molecule has 1 aliphatic rings. The minimum atomic E-state index is -0.358. The van der Waals surface area contributed by atoms with Gasteiger partial charge in [0.05, 0.1) is 6.10 Å². The van der Waals surface area contributed by atoms with Crippen molar-refractivity contribution in [1.82, 2.24) is 4.90 Å². The molecule has 18 heavy (non-hydrogen) atoms. The molecular formula is C15H23NO2. The Balaban J connectivity index is 1.75. The smallest absolute Gasteiger partial charge is 0.119 e. The number of hydrogen-bond acceptors (Lipinski definition) is 3. The average Bonchev–Trinajstić information content (AvgIpc) is 2.92. The van der Waals surface area contributed by atoms with Crippen LogP contribution >= 0.6 is 0 Å². The van der Waals surface area contributed by atoms with Gasteiger partial charge in [-0.2, -0.15) is 0 Å². The highest BCUT2D eigenvalue weighted by Gasteiger charge is 2.10. The summed E-state index contributed by atoms with van der Waals surface area (Å²) < 4.78 is 5.71. The molecule has 1 aliphatic heterocycles. The Morgan fingerprint density at radius 3 is 2.50 bits per heavy atom. The maximum absolute atomic E-state index is 9.69. The molecule has 3 nitrogen and oxygen atoms in total. The van der Waals surface area contributed by atoms with Crippen LogP contribution in [0.2, 0.25) is 0 Å². The van der Waals surface area contributed by atoms with Crippen LogP contribution in [-0.2, 0) is 0 Å². The predicted molar refractivity (Wildman–Crippen MR) is 72.9 cm³/mol. The molecule has 1 fully saturated rings. The van der Waals surface area contributed by atoms with Gasteiger partial charge in [0.1, 0.15) is 12.4 Å². The topological polar surface area (TPSA) is 32.7 Å². The van der Waals surface area contributed by atoms with Crippen molar-refractivity contribution in [3.63, 3.8) is 0 Å². The zero-order valence-electron chi connectivity index (χ0n) is 11.1. The van der Waals surface area contributed by atoms with E-state index in [2.05, 4.69) is 4.90 Å². The van der Waals surface area contributed by atoms with Gasteiger partial charge in [-0.25, -0.2) is 0 Å². The van der Waals surface area contributed by atoms with Crippen LogP contribution in [0.5, 0.6) is 5.75 Å². The van der Waals surface area contributed by atoms with E-state index in [0.717, 1.165) is 30.9 Å². The molecule has 1 N–H and O–H groups in total. The molecule has 1 atom stereocenters. The largest absolute Gasteiger partial charge is 0.492 e. The van der Waals surface area contributed by atoms with Crippen LogP contribution in [0.15, 0.2) is 24.3 Å². The minimum absolute atomic E-state index is 0.358. The van der Waals surface area contributed by atoms with Crippen LogP contribution < -0.4 is 4.74 Å². The Morgan fingerprint density at radius 1 is 1.22 bits per heavy atom. The van der Waals surface area contributed by atoms with E-state index in [1.807, 2.05) is 31.2 Å². The summed E-state index contributed by atoms with van der Waals surface area (Å²) in [5.74, 6) is 0.890. The Hall–Kier alpha value is -1.06. The fourth-order valence-electron chi connectivity index (χ4n) is 2.32. The quantitative estimate of drug-likeness (QED) is 0.841. The van der Waals surface area contributed by atoms with Gasteiger partial charge in [0.2, 0.25) is 0 Å². The molecule has 1 heterocycles. The fraction of sp³-hybridized carbons (Fsp3) is 0.600. The number of aliphatic hydroxyl groups is 1. The van der Waals surface area contributed by atoms with E-state index in [1.165, 1.54) is 25.9 Å². The van der Waals surface area contributed by atoms with Crippen molar-refractivity contribution in [2.75, 3.05) is 26.2 Å². The first-order valence-corrected chi connectivity index (χ1v) is 6.93. The van der Waals surface area contributed by atoms with Gasteiger partial charge in [0, 0.05) is 6.54 Å². The van der Waals surface area contributed by atoms with Crippen molar-refractivity contribution in [3.8, 4) is 5.75 Å². The minimum Gasteiger partial charge on any atom is -0.492 e. The SMILES string of the molecule is CCC(O)c1ccc(OCCN2CCCC2)cc1. The van der Waals surface area contributed by atoms with Crippen molar-refractivity contribution >= 4 is 0 Å². The lowest BCUT2D eigenvalue weighted by atomic mass is 10.1. The summed E-state index contributed by atoms with van der Waals surface area (Å²) in [6.45, 7) is 6.16. The zero-order chi connectivity index (χ0) is 12.8. The van der Waals surface area contributed by atoms with Gasteiger partial charge >= 0.3 is 0 Å². The Bertz CT molecular complexity index is 344. The van der Waals surface area contributed by atoms with Crippen LogP contribution in [0.4, 0.5) is 0 Å². The van der Waals surface area contributed by atoms with E-state index in [9.17, 15) is 5.11 Å². The van der Waals surface area contributed by atoms with Gasteiger partial charge in [0.15, 0.2) is 0 Å². The second-order valence-corrected chi connectivity index (χ2v) is 4.89. The Labute approximate surface area is 109 Å². The third-order valence-electron chi connectivity index (χ3n) is 3.53. The van der Waals surface area contributed by atoms with Gasteiger partial charge in [-0.05, 0) is 50.0 Å². The van der Waals surface area contributed by atoms with Crippen LogP contribution in [-0.4, -0.2) is 36.2 Å². The van der Waals surface area contributed by atoms with Crippen LogP contribution in [0, 0.1) is 0 Å². The highest BCUT2D eigenvalue weighted by molar-refractivity contribution is 5.28. The van der Waals surface area contributed by atoms with Crippen molar-refractivity contribution in [1.29, 1.82) is 0 Å². The third-order valence-corrected chi connectivity index (χ3v) is 3.53. The van der Waals surface area contributed by atoms with Crippen molar-refractivity contribution in [2.24, 2.45) is 0 Å². The lowest BCUT2D eigenvalue weighted by Crippen LogP contribution is -2.25. The number of aliphatic hydroxyl groups excluding tert-OH is 1. The lowest BCUT2D eigenvalue weighted by Gasteiger charge is -2.15. The van der Waals surface area contributed by atoms with Gasteiger partial charge in [0.25, 0.3) is 0 Å². The van der Waals surface area contributed by atoms with Crippen LogP contribution in [0.25, 0.3) is 0 Å². The number of nitrogens with zero attached hydrogens (tertiary/aromatic N) is 1. The monoisotopic (exact) mass is 249 g/mol. The molecule has 1 unspecified atom stereocenters. The Morgan fingerprint density at radius 2 is 1.89 bits per heavy atom. The highest BCUT2D eigenvalue weighted by atomic mass is 16.5. The van der Waals surface area contributed by atoms with E-state index in [1.54, 1.807) is 0 Å². The molecule has 0 aliphatic carbocycles. The second-order valence-electron chi connectivity index (χ2n) is 4.89. The zero-order valence-corrected chi connectivity index (χ0v) is 11.1. The van der Waals surface area contributed by atoms with Gasteiger partial charge in [-0.1, -0.05) is 19.1 Å². The van der Waals surface area contributed by atoms with E-state index in [-0.39, 0.29) is 6.10 Å². The lowest BCUT2D eigenvalue weighted by molar-refractivity contribution is 0.173. The third kappa shape index (κ3) is 3.72. The van der Waals surface area contributed by atoms with E-state index >= 15 is 0 Å². The normalized spacial score (nSPS) is 17.9. The molecule has 0 amide bonds. The molecule has 1 saturated heterocycles. The van der Waals surface area contributed by atoms with E-state index < -0.39 is 0 Å². The first-order valence-electron chi connectivity index (χ1n) is 6.93. The molecule has 0 bridgehead atoms. The first-order chi connectivity index (χ1) is 8.79. The number of rotatable bonds is 6. The molecule has 100 valence electrons. The maximum atomic E-state index is 9.69. The standard InChI is InChI=1S/C15H23NO2/c1-2-15(17)13-5-7-14(8-6-13)18-12-11-16-9-3-4-10-16/h5-8,15,17H,2-4,9-12H2,1H3. The number of benzene rings is 1. The van der Waals surface area contributed by atoms with E-state index in [0.29, 0.717) is 0 Å². The number of ether oxygens (including phenoxy) is 1. The van der Waals surface area contributed by atoms with Gasteiger partial charge in [-0.15, -0.1) is 0 Å². The summed E-state index contributed by atoms with van der Waals surface area (Å²) in [6, 6.07) is 7.77. The molecule has 2 rings (SSSR count). The highest BCUT2D eigenvalue weighted by Crippen LogP contribution is 2.19. The number of hydrogen-bond donors (Lipinski definition) is 1. The summed E-state index contributed by atoms with van der Waals surface area (Å²) in [4.78, 5) is 2.44. The summed E-state index contributed by atoms with van der Waals surface area (Å²) in [7, 11) is 0. The predicted octanol–water partition coefficient (Wildman–Crippen LogP) is 2.60. The molecule has 1 aromatic rings. The molecule has 0 radical (unpaired) electrons. The summed E-state index contributed by atoms with van der Waals surface area (Å²) in [6.07, 6.45) is 3.03. The van der Waals surface area contributed by atoms with Crippen LogP contribution in [0.3, 0.4) is 0 Å². The summed E-state index contributed by atoms with van der Waals surface area (Å²) >= 11 is 0. The fourth-order valence-corrected chi connectivity index (χ4v) is 2.32. The molecule has 0 saturated carbocycles.